The molecule has 11 atom stereocenters. The number of fused-ring (bicyclic) bond motifs is 3. The molecule has 6 heteroatoms. The van der Waals surface area contributed by atoms with E-state index in [2.05, 4.69) is 12.0 Å². The van der Waals surface area contributed by atoms with E-state index in [1.165, 1.54) is 38.3 Å². The number of rotatable bonds is 5. The first-order valence-electron chi connectivity index (χ1n) is 13.7. The summed E-state index contributed by atoms with van der Waals surface area (Å²) in [7, 11) is 0. The van der Waals surface area contributed by atoms with Gasteiger partial charge in [0.15, 0.2) is 5.78 Å². The topological polar surface area (TPSA) is 81.4 Å². The van der Waals surface area contributed by atoms with Gasteiger partial charge in [-0.05, 0) is 112 Å². The summed E-state index contributed by atoms with van der Waals surface area (Å²) in [5.74, 6) is 5.74. The van der Waals surface area contributed by atoms with Crippen LogP contribution in [0, 0.1) is 58.2 Å². The fourth-order valence-corrected chi connectivity index (χ4v) is 10.7. The molecule has 0 aliphatic heterocycles. The molecule has 7 fully saturated rings. The highest BCUT2D eigenvalue weighted by Crippen LogP contribution is 2.99. The van der Waals surface area contributed by atoms with Gasteiger partial charge in [-0.3, -0.25) is 9.48 Å². The van der Waals surface area contributed by atoms with Gasteiger partial charge in [0.2, 0.25) is 0 Å². The summed E-state index contributed by atoms with van der Waals surface area (Å²) in [6, 6.07) is 0. The highest BCUT2D eigenvalue weighted by atomic mass is 16.5. The van der Waals surface area contributed by atoms with Crippen LogP contribution in [-0.2, 0) is 16.1 Å². The fourth-order valence-electron chi connectivity index (χ4n) is 10.7. The standard InChI is InChI=1S/C28H38N2O4/c1-4-34-25(32)16-12-29-30(13-16)14-20(31)28-23-21(24(23)28)22-19-6-5-15-11-26(2,33)9-7-17(15)18(19)8-10-27(22,28)3/h12-13,15,17-19,21-24,33H,4-11,14H2,1-3H3/t15-,17+,18-,19-,21?,22-,23-,24?,26-,27+,28?/m1/s1. The molecule has 1 aromatic rings. The van der Waals surface area contributed by atoms with Crippen LogP contribution in [-0.4, -0.2) is 38.8 Å². The molecule has 7 saturated carbocycles. The number of ketones is 1. The van der Waals surface area contributed by atoms with Crippen molar-refractivity contribution in [1.29, 1.82) is 0 Å². The largest absolute Gasteiger partial charge is 0.462 e. The second-order valence-corrected chi connectivity index (χ2v) is 13.1. The Balaban J connectivity index is 1.10. The van der Waals surface area contributed by atoms with Crippen molar-refractivity contribution in [2.75, 3.05) is 6.61 Å². The molecule has 7 aliphatic rings. The Kier molecular flexibility index (Phi) is 4.28. The van der Waals surface area contributed by atoms with Gasteiger partial charge < -0.3 is 9.84 Å². The third-order valence-electron chi connectivity index (χ3n) is 11.8. The van der Waals surface area contributed by atoms with E-state index in [0.717, 1.165) is 36.5 Å². The van der Waals surface area contributed by atoms with Crippen molar-refractivity contribution in [3.8, 4) is 0 Å². The maximum absolute atomic E-state index is 13.8. The van der Waals surface area contributed by atoms with Gasteiger partial charge in [-0.15, -0.1) is 0 Å². The van der Waals surface area contributed by atoms with E-state index in [9.17, 15) is 14.7 Å². The van der Waals surface area contributed by atoms with Crippen LogP contribution in [0.25, 0.3) is 0 Å². The summed E-state index contributed by atoms with van der Waals surface area (Å²) in [6.45, 7) is 6.88. The Morgan fingerprint density at radius 1 is 1.09 bits per heavy atom. The number of aliphatic hydroxyl groups is 1. The summed E-state index contributed by atoms with van der Waals surface area (Å²) in [4.78, 5) is 25.8. The predicted octanol–water partition coefficient (Wildman–Crippen LogP) is 4.11. The molecule has 7 aliphatic carbocycles. The van der Waals surface area contributed by atoms with Crippen molar-refractivity contribution in [3.63, 3.8) is 0 Å². The molecule has 8 rings (SSSR count). The molecule has 184 valence electrons. The minimum Gasteiger partial charge on any atom is -0.462 e. The molecule has 0 amide bonds. The van der Waals surface area contributed by atoms with E-state index in [4.69, 9.17) is 4.74 Å². The van der Waals surface area contributed by atoms with Crippen LogP contribution in [0.1, 0.15) is 76.1 Å². The summed E-state index contributed by atoms with van der Waals surface area (Å²) < 4.78 is 6.72. The zero-order chi connectivity index (χ0) is 23.6. The van der Waals surface area contributed by atoms with Crippen LogP contribution in [0.3, 0.4) is 0 Å². The van der Waals surface area contributed by atoms with Crippen LogP contribution >= 0.6 is 0 Å². The molecule has 6 nitrogen and oxygen atoms in total. The molecule has 1 aromatic heterocycles. The number of hydrogen-bond donors (Lipinski definition) is 1. The van der Waals surface area contributed by atoms with Gasteiger partial charge in [-0.25, -0.2) is 4.79 Å². The molecule has 0 aromatic carbocycles. The smallest absolute Gasteiger partial charge is 0.341 e. The molecular weight excluding hydrogens is 428 g/mol. The first kappa shape index (κ1) is 21.6. The van der Waals surface area contributed by atoms with Gasteiger partial charge >= 0.3 is 5.97 Å². The Hall–Kier alpha value is -1.69. The minimum atomic E-state index is -0.466. The Morgan fingerprint density at radius 2 is 1.85 bits per heavy atom. The summed E-state index contributed by atoms with van der Waals surface area (Å²) in [5.41, 5.74) is -0.0386. The Labute approximate surface area is 201 Å². The minimum absolute atomic E-state index is 0.129. The van der Waals surface area contributed by atoms with Gasteiger partial charge in [-0.1, -0.05) is 6.92 Å². The second kappa shape index (κ2) is 6.74. The van der Waals surface area contributed by atoms with Crippen LogP contribution < -0.4 is 0 Å². The lowest BCUT2D eigenvalue weighted by atomic mass is 9.49. The summed E-state index contributed by atoms with van der Waals surface area (Å²) in [5, 5.41) is 15.0. The first-order valence-corrected chi connectivity index (χ1v) is 13.7. The van der Waals surface area contributed by atoms with Gasteiger partial charge in [-0.2, -0.15) is 5.10 Å². The van der Waals surface area contributed by atoms with Crippen LogP contribution in [0.5, 0.6) is 0 Å². The molecule has 1 heterocycles. The second-order valence-electron chi connectivity index (χ2n) is 13.1. The number of ether oxygens (including phenoxy) is 1. The number of carbonyl (C=O) groups is 2. The van der Waals surface area contributed by atoms with E-state index < -0.39 is 5.60 Å². The number of aromatic nitrogens is 2. The fraction of sp³-hybridized carbons (Fsp3) is 0.821. The lowest BCUT2D eigenvalue weighted by molar-refractivity contribution is -0.136. The summed E-state index contributed by atoms with van der Waals surface area (Å²) in [6.07, 6.45) is 11.3. The number of nitrogens with zero attached hydrogens (tertiary/aromatic N) is 2. The third-order valence-corrected chi connectivity index (χ3v) is 11.8. The maximum atomic E-state index is 13.8. The van der Waals surface area contributed by atoms with Crippen LogP contribution in [0.2, 0.25) is 0 Å². The molecule has 1 N–H and O–H groups in total. The highest BCUT2D eigenvalue weighted by Gasteiger charge is 2.99. The normalized spacial score (nSPS) is 51.5. The van der Waals surface area contributed by atoms with Crippen LogP contribution in [0.4, 0.5) is 0 Å². The van der Waals surface area contributed by atoms with Crippen molar-refractivity contribution in [2.45, 2.75) is 77.9 Å². The first-order chi connectivity index (χ1) is 16.2. The predicted molar refractivity (Wildman–Crippen MR) is 125 cm³/mol. The molecule has 0 spiro atoms. The van der Waals surface area contributed by atoms with E-state index >= 15 is 0 Å². The average molecular weight is 467 g/mol. The number of carbonyl (C=O) groups excluding carboxylic acids is 2. The van der Waals surface area contributed by atoms with Gasteiger partial charge in [0.1, 0.15) is 6.54 Å². The number of esters is 1. The molecule has 2 bridgehead atoms. The maximum Gasteiger partial charge on any atom is 0.341 e. The van der Waals surface area contributed by atoms with Gasteiger partial charge in [0.25, 0.3) is 0 Å². The lowest BCUT2D eigenvalue weighted by Crippen LogP contribution is -2.51. The zero-order valence-electron chi connectivity index (χ0n) is 20.7. The van der Waals surface area contributed by atoms with Crippen molar-refractivity contribution >= 4 is 11.8 Å². The van der Waals surface area contributed by atoms with Crippen molar-refractivity contribution in [2.24, 2.45) is 58.2 Å². The van der Waals surface area contributed by atoms with Crippen molar-refractivity contribution in [1.82, 2.24) is 9.78 Å². The molecular formula is C28H38N2O4. The van der Waals surface area contributed by atoms with Crippen LogP contribution in [0.15, 0.2) is 12.4 Å². The van der Waals surface area contributed by atoms with Gasteiger partial charge in [0, 0.05) is 11.6 Å². The highest BCUT2D eigenvalue weighted by molar-refractivity contribution is 5.94. The van der Waals surface area contributed by atoms with E-state index in [-0.39, 0.29) is 23.3 Å². The molecule has 3 unspecified atom stereocenters. The van der Waals surface area contributed by atoms with Crippen molar-refractivity contribution in [3.05, 3.63) is 18.0 Å². The van der Waals surface area contributed by atoms with E-state index in [1.807, 2.05) is 6.92 Å². The Bertz CT molecular complexity index is 1050. The SMILES string of the molecule is CCOC(=O)c1cnn(CC(=O)C23C4C([C@H]42)[C@H]2[C@@H]4CC[C@@H]5C[C@](C)(O)CC[C@@H]5[C@H]4CC[C@@]23C)c1. The molecule has 0 saturated heterocycles. The average Bonchev–Trinajstić information content (AvgIpc) is 3.55. The van der Waals surface area contributed by atoms with E-state index in [1.54, 1.807) is 17.8 Å². The molecule has 0 radical (unpaired) electrons. The zero-order valence-corrected chi connectivity index (χ0v) is 20.7. The third kappa shape index (κ3) is 2.54. The quantitative estimate of drug-likeness (QED) is 0.661. The molecule has 34 heavy (non-hydrogen) atoms. The van der Waals surface area contributed by atoms with Crippen molar-refractivity contribution < 1.29 is 19.4 Å². The summed E-state index contributed by atoms with van der Waals surface area (Å²) >= 11 is 0. The lowest BCUT2D eigenvalue weighted by Gasteiger charge is -2.56. The number of hydrogen-bond acceptors (Lipinski definition) is 5. The Morgan fingerprint density at radius 3 is 2.62 bits per heavy atom. The number of Topliss-reactive ketones (excluding diaryl/α,β-unsaturated/α-hetero) is 1. The van der Waals surface area contributed by atoms with E-state index in [0.29, 0.717) is 41.6 Å². The monoisotopic (exact) mass is 466 g/mol. The van der Waals surface area contributed by atoms with Gasteiger partial charge in [0.05, 0.1) is 24.0 Å².